The number of benzene rings is 1. The van der Waals surface area contributed by atoms with Gasteiger partial charge in [-0.2, -0.15) is 31.3 Å². The van der Waals surface area contributed by atoms with Gasteiger partial charge >= 0.3 is 12.4 Å². The lowest BCUT2D eigenvalue weighted by molar-refractivity contribution is -0.143. The van der Waals surface area contributed by atoms with Crippen molar-refractivity contribution in [3.8, 4) is 5.75 Å². The molecule has 1 aromatic carbocycles. The molecule has 0 aliphatic rings. The number of hydrogen-bond donors (Lipinski definition) is 0. The first-order valence-corrected chi connectivity index (χ1v) is 6.33. The molecule has 0 saturated heterocycles. The van der Waals surface area contributed by atoms with Crippen molar-refractivity contribution < 1.29 is 35.6 Å². The summed E-state index contributed by atoms with van der Waals surface area (Å²) in [5.74, 6) is -0.286. The topological polar surface area (TPSA) is 48.2 Å². The van der Waals surface area contributed by atoms with Crippen LogP contribution in [0.25, 0.3) is 0 Å². The largest absolute Gasteiger partial charge is 0.485 e. The van der Waals surface area contributed by atoms with Gasteiger partial charge in [-0.05, 0) is 18.2 Å². The van der Waals surface area contributed by atoms with Crippen LogP contribution in [0.5, 0.6) is 5.75 Å². The number of ether oxygens (including phenoxy) is 1. The van der Waals surface area contributed by atoms with E-state index in [1.165, 1.54) is 0 Å². The lowest BCUT2D eigenvalue weighted by atomic mass is 10.1. The van der Waals surface area contributed by atoms with Crippen molar-refractivity contribution >= 4 is 0 Å². The smallest absolute Gasteiger partial charge is 0.416 e. The second-order valence-electron chi connectivity index (χ2n) is 4.49. The highest BCUT2D eigenvalue weighted by Gasteiger charge is 2.37. The summed E-state index contributed by atoms with van der Waals surface area (Å²) in [6.45, 7) is 1.32. The molecule has 10 heteroatoms. The van der Waals surface area contributed by atoms with Gasteiger partial charge in [-0.15, -0.1) is 0 Å². The highest BCUT2D eigenvalue weighted by Crippen LogP contribution is 2.38. The van der Waals surface area contributed by atoms with Gasteiger partial charge < -0.3 is 9.26 Å². The van der Waals surface area contributed by atoms with Crippen molar-refractivity contribution in [3.63, 3.8) is 0 Å². The van der Waals surface area contributed by atoms with E-state index in [-0.39, 0.29) is 17.8 Å². The third-order valence-corrected chi connectivity index (χ3v) is 2.74. The molecule has 0 aliphatic carbocycles. The van der Waals surface area contributed by atoms with Crippen LogP contribution in [0.1, 0.15) is 29.8 Å². The Kier molecular flexibility index (Phi) is 4.53. The Bertz CT molecular complexity index is 646. The van der Waals surface area contributed by atoms with Gasteiger partial charge in [0, 0.05) is 6.42 Å². The standard InChI is InChI=1S/C13H10F6N2O2/c1-2-11-20-10(21-23-11)6-22-9-4-7(12(14,15)16)3-8(5-9)13(17,18)19/h3-5H,2,6H2,1H3. The highest BCUT2D eigenvalue weighted by molar-refractivity contribution is 5.37. The number of aromatic nitrogens is 2. The second kappa shape index (κ2) is 6.09. The highest BCUT2D eigenvalue weighted by atomic mass is 19.4. The van der Waals surface area contributed by atoms with E-state index < -0.39 is 35.8 Å². The molecule has 0 amide bonds. The minimum atomic E-state index is -4.93. The maximum atomic E-state index is 12.7. The van der Waals surface area contributed by atoms with E-state index in [4.69, 9.17) is 9.26 Å². The fourth-order valence-corrected chi connectivity index (χ4v) is 1.65. The van der Waals surface area contributed by atoms with Gasteiger partial charge in [-0.25, -0.2) is 0 Å². The maximum absolute atomic E-state index is 12.7. The van der Waals surface area contributed by atoms with E-state index in [1.807, 2.05) is 0 Å². The molecule has 0 unspecified atom stereocenters. The van der Waals surface area contributed by atoms with Gasteiger partial charge in [0.15, 0.2) is 6.61 Å². The maximum Gasteiger partial charge on any atom is 0.416 e. The molecule has 2 aromatic rings. The fraction of sp³-hybridized carbons (Fsp3) is 0.385. The van der Waals surface area contributed by atoms with Crippen molar-refractivity contribution in [2.75, 3.05) is 0 Å². The van der Waals surface area contributed by atoms with Gasteiger partial charge in [-0.1, -0.05) is 12.1 Å². The van der Waals surface area contributed by atoms with Gasteiger partial charge in [0.1, 0.15) is 5.75 Å². The molecule has 2 rings (SSSR count). The normalized spacial score (nSPS) is 12.5. The SMILES string of the molecule is CCc1nc(COc2cc(C(F)(F)F)cc(C(F)(F)F)c2)no1. The van der Waals surface area contributed by atoms with E-state index in [9.17, 15) is 26.3 Å². The van der Waals surface area contributed by atoms with Crippen LogP contribution >= 0.6 is 0 Å². The minimum absolute atomic E-state index is 0.0211. The zero-order valence-electron chi connectivity index (χ0n) is 11.6. The summed E-state index contributed by atoms with van der Waals surface area (Å²) >= 11 is 0. The number of halogens is 6. The minimum Gasteiger partial charge on any atom is -0.485 e. The Balaban J connectivity index is 2.26. The number of hydrogen-bond acceptors (Lipinski definition) is 4. The van der Waals surface area contributed by atoms with Gasteiger partial charge in [-0.3, -0.25) is 0 Å². The first-order chi connectivity index (χ1) is 10.6. The molecule has 0 aliphatic heterocycles. The van der Waals surface area contributed by atoms with Crippen LogP contribution in [0.4, 0.5) is 26.3 Å². The number of aryl methyl sites for hydroxylation is 1. The van der Waals surface area contributed by atoms with Crippen LogP contribution in [-0.4, -0.2) is 10.1 Å². The summed E-state index contributed by atoms with van der Waals surface area (Å²) in [6, 6.07) is 0.989. The Morgan fingerprint density at radius 3 is 2.00 bits per heavy atom. The summed E-state index contributed by atoms with van der Waals surface area (Å²) in [4.78, 5) is 3.84. The van der Waals surface area contributed by atoms with Crippen LogP contribution in [0.3, 0.4) is 0 Å². The molecule has 1 aromatic heterocycles. The summed E-state index contributed by atoms with van der Waals surface area (Å²) in [6.07, 6.45) is -9.42. The summed E-state index contributed by atoms with van der Waals surface area (Å²) in [5.41, 5.74) is -2.91. The number of alkyl halides is 6. The third kappa shape index (κ3) is 4.36. The molecule has 4 nitrogen and oxygen atoms in total. The molecule has 1 heterocycles. The Labute approximate surface area is 126 Å². The van der Waals surface area contributed by atoms with Crippen molar-refractivity contribution in [2.45, 2.75) is 32.3 Å². The second-order valence-corrected chi connectivity index (χ2v) is 4.49. The van der Waals surface area contributed by atoms with E-state index in [0.29, 0.717) is 18.6 Å². The van der Waals surface area contributed by atoms with Crippen molar-refractivity contribution in [2.24, 2.45) is 0 Å². The zero-order valence-corrected chi connectivity index (χ0v) is 11.6. The van der Waals surface area contributed by atoms with Crippen LogP contribution in [0, 0.1) is 0 Å². The van der Waals surface area contributed by atoms with Gasteiger partial charge in [0.2, 0.25) is 11.7 Å². The molecule has 23 heavy (non-hydrogen) atoms. The predicted octanol–water partition coefficient (Wildman–Crippen LogP) is 4.25. The first-order valence-electron chi connectivity index (χ1n) is 6.33. The average molecular weight is 340 g/mol. The molecule has 0 spiro atoms. The molecule has 0 bridgehead atoms. The summed E-state index contributed by atoms with van der Waals surface area (Å²) in [7, 11) is 0. The molecule has 0 fully saturated rings. The summed E-state index contributed by atoms with van der Waals surface area (Å²) in [5, 5.41) is 3.49. The van der Waals surface area contributed by atoms with Crippen molar-refractivity contribution in [3.05, 3.63) is 41.0 Å². The van der Waals surface area contributed by atoms with Crippen LogP contribution < -0.4 is 4.74 Å². The fourth-order valence-electron chi connectivity index (χ4n) is 1.65. The molecule has 126 valence electrons. The monoisotopic (exact) mass is 340 g/mol. The van der Waals surface area contributed by atoms with Gasteiger partial charge in [0.25, 0.3) is 0 Å². The van der Waals surface area contributed by atoms with Gasteiger partial charge in [0.05, 0.1) is 11.1 Å². The third-order valence-electron chi connectivity index (χ3n) is 2.74. The number of nitrogens with zero attached hydrogens (tertiary/aromatic N) is 2. The molecular weight excluding hydrogens is 330 g/mol. The van der Waals surface area contributed by atoms with Crippen LogP contribution in [-0.2, 0) is 25.4 Å². The molecule has 0 radical (unpaired) electrons. The van der Waals surface area contributed by atoms with Crippen LogP contribution in [0.2, 0.25) is 0 Å². The van der Waals surface area contributed by atoms with E-state index in [1.54, 1.807) is 6.92 Å². The lowest BCUT2D eigenvalue weighted by Gasteiger charge is -2.14. The van der Waals surface area contributed by atoms with E-state index in [0.717, 1.165) is 0 Å². The molecule has 0 N–H and O–H groups in total. The predicted molar refractivity (Wildman–Crippen MR) is 64.5 cm³/mol. The first kappa shape index (κ1) is 17.1. The summed E-state index contributed by atoms with van der Waals surface area (Å²) < 4.78 is 85.8. The Hall–Kier alpha value is -2.26. The van der Waals surface area contributed by atoms with Crippen LogP contribution in [0.15, 0.2) is 22.7 Å². The number of rotatable bonds is 4. The quantitative estimate of drug-likeness (QED) is 0.781. The molecule has 0 saturated carbocycles. The van der Waals surface area contributed by atoms with Crippen molar-refractivity contribution in [1.29, 1.82) is 0 Å². The average Bonchev–Trinajstić information content (AvgIpc) is 2.91. The van der Waals surface area contributed by atoms with E-state index >= 15 is 0 Å². The Morgan fingerprint density at radius 1 is 1.00 bits per heavy atom. The zero-order chi connectivity index (χ0) is 17.3. The lowest BCUT2D eigenvalue weighted by Crippen LogP contribution is -2.11. The van der Waals surface area contributed by atoms with E-state index in [2.05, 4.69) is 10.1 Å². The molecule has 0 atom stereocenters. The van der Waals surface area contributed by atoms with Crippen molar-refractivity contribution in [1.82, 2.24) is 10.1 Å². The Morgan fingerprint density at radius 2 is 1.57 bits per heavy atom. The molecular formula is C13H10F6N2O2.